The number of benzene rings is 1. The molecule has 0 unspecified atom stereocenters. The molecule has 0 aliphatic rings. The number of rotatable bonds is 6. The van der Waals surface area contributed by atoms with Gasteiger partial charge in [0.15, 0.2) is 5.65 Å². The van der Waals surface area contributed by atoms with E-state index in [4.69, 9.17) is 4.98 Å². The lowest BCUT2D eigenvalue weighted by Gasteiger charge is -2.14. The summed E-state index contributed by atoms with van der Waals surface area (Å²) in [6.07, 6.45) is 5.83. The molecule has 0 atom stereocenters. The van der Waals surface area contributed by atoms with Gasteiger partial charge in [-0.1, -0.05) is 31.2 Å². The zero-order chi connectivity index (χ0) is 21.3. The number of nitriles is 1. The highest BCUT2D eigenvalue weighted by Gasteiger charge is 2.15. The minimum Gasteiger partial charge on any atom is -0.344 e. The number of aryl methyl sites for hydroxylation is 2. The van der Waals surface area contributed by atoms with E-state index in [0.717, 1.165) is 53.2 Å². The summed E-state index contributed by atoms with van der Waals surface area (Å²) < 4.78 is 4.39. The first-order chi connectivity index (χ1) is 14.5. The largest absolute Gasteiger partial charge is 0.344 e. The van der Waals surface area contributed by atoms with Gasteiger partial charge in [-0.15, -0.1) is 0 Å². The number of pyridine rings is 1. The van der Waals surface area contributed by atoms with Gasteiger partial charge < -0.3 is 9.13 Å². The average Bonchev–Trinajstić information content (AvgIpc) is 3.32. The molecule has 0 aliphatic carbocycles. The highest BCUT2D eigenvalue weighted by molar-refractivity contribution is 5.75. The number of nitrogens with zero attached hydrogens (tertiary/aromatic N) is 5. The van der Waals surface area contributed by atoms with Gasteiger partial charge in [0.2, 0.25) is 0 Å². The molecule has 152 valence electrons. The normalized spacial score (nSPS) is 11.3. The zero-order valence-electron chi connectivity index (χ0n) is 18.1. The Morgan fingerprint density at radius 1 is 1.10 bits per heavy atom. The molecule has 5 nitrogen and oxygen atoms in total. The third-order valence-corrected chi connectivity index (χ3v) is 5.55. The number of hydrogen-bond donors (Lipinski definition) is 0. The van der Waals surface area contributed by atoms with Crippen molar-refractivity contribution in [2.45, 2.75) is 53.1 Å². The molecule has 0 aliphatic heterocycles. The van der Waals surface area contributed by atoms with Crippen LogP contribution in [0.1, 0.15) is 55.7 Å². The van der Waals surface area contributed by atoms with Gasteiger partial charge in [0.25, 0.3) is 0 Å². The lowest BCUT2D eigenvalue weighted by molar-refractivity contribution is 0.609. The van der Waals surface area contributed by atoms with Gasteiger partial charge >= 0.3 is 0 Å². The molecule has 3 aromatic heterocycles. The molecule has 0 fully saturated rings. The van der Waals surface area contributed by atoms with Crippen molar-refractivity contribution < 1.29 is 0 Å². The third-order valence-electron chi connectivity index (χ3n) is 5.55. The van der Waals surface area contributed by atoms with Gasteiger partial charge in [-0.05, 0) is 56.0 Å². The van der Waals surface area contributed by atoms with Crippen molar-refractivity contribution >= 4 is 11.2 Å². The Hall–Kier alpha value is -3.39. The Labute approximate surface area is 177 Å². The summed E-state index contributed by atoms with van der Waals surface area (Å²) >= 11 is 0. The topological polar surface area (TPSA) is 59.4 Å². The van der Waals surface area contributed by atoms with Crippen molar-refractivity contribution in [1.29, 1.82) is 5.26 Å². The molecular weight excluding hydrogens is 370 g/mol. The van der Waals surface area contributed by atoms with Crippen LogP contribution in [0.4, 0.5) is 0 Å². The Kier molecular flexibility index (Phi) is 5.41. The van der Waals surface area contributed by atoms with E-state index >= 15 is 0 Å². The highest BCUT2D eigenvalue weighted by Crippen LogP contribution is 2.28. The summed E-state index contributed by atoms with van der Waals surface area (Å²) in [6, 6.07) is 15.0. The minimum absolute atomic E-state index is 0.296. The van der Waals surface area contributed by atoms with Crippen LogP contribution in [-0.4, -0.2) is 19.1 Å². The summed E-state index contributed by atoms with van der Waals surface area (Å²) in [4.78, 5) is 9.49. The van der Waals surface area contributed by atoms with Crippen LogP contribution in [-0.2, 0) is 13.0 Å². The van der Waals surface area contributed by atoms with Crippen LogP contribution in [0, 0.1) is 18.3 Å². The van der Waals surface area contributed by atoms with Crippen LogP contribution in [0.15, 0.2) is 48.8 Å². The fourth-order valence-corrected chi connectivity index (χ4v) is 3.99. The van der Waals surface area contributed by atoms with E-state index in [-0.39, 0.29) is 0 Å². The second kappa shape index (κ2) is 8.16. The van der Waals surface area contributed by atoms with Gasteiger partial charge in [0.1, 0.15) is 17.4 Å². The summed E-state index contributed by atoms with van der Waals surface area (Å²) in [5.41, 5.74) is 7.05. The molecule has 0 N–H and O–H groups in total. The molecule has 0 spiro atoms. The first kappa shape index (κ1) is 19.9. The predicted octanol–water partition coefficient (Wildman–Crippen LogP) is 5.66. The Morgan fingerprint density at radius 2 is 1.87 bits per heavy atom. The van der Waals surface area contributed by atoms with E-state index < -0.39 is 0 Å². The van der Waals surface area contributed by atoms with Crippen LogP contribution in [0.5, 0.6) is 0 Å². The van der Waals surface area contributed by atoms with Crippen LogP contribution in [0.25, 0.3) is 22.4 Å². The fraction of sp³-hybridized carbons (Fsp3) is 0.320. The van der Waals surface area contributed by atoms with Gasteiger partial charge in [-0.3, -0.25) is 0 Å². The Bertz CT molecular complexity index is 1220. The maximum absolute atomic E-state index is 9.52. The van der Waals surface area contributed by atoms with Gasteiger partial charge in [0, 0.05) is 24.9 Å². The number of fused-ring (bicyclic) bond motifs is 1. The lowest BCUT2D eigenvalue weighted by atomic mass is 10.1. The summed E-state index contributed by atoms with van der Waals surface area (Å²) in [6.45, 7) is 9.26. The van der Waals surface area contributed by atoms with E-state index in [0.29, 0.717) is 11.6 Å². The number of hydrogen-bond acceptors (Lipinski definition) is 3. The molecule has 1 aromatic carbocycles. The molecular formula is C25H27N5. The van der Waals surface area contributed by atoms with E-state index in [2.05, 4.69) is 72.1 Å². The maximum atomic E-state index is 9.52. The van der Waals surface area contributed by atoms with Crippen LogP contribution >= 0.6 is 0 Å². The van der Waals surface area contributed by atoms with E-state index in [1.165, 1.54) is 5.56 Å². The molecule has 0 saturated carbocycles. The van der Waals surface area contributed by atoms with Gasteiger partial charge in [-0.2, -0.15) is 5.26 Å². The van der Waals surface area contributed by atoms with E-state index in [9.17, 15) is 5.26 Å². The second-order valence-electron chi connectivity index (χ2n) is 8.05. The molecule has 0 radical (unpaired) electrons. The monoisotopic (exact) mass is 397 g/mol. The summed E-state index contributed by atoms with van der Waals surface area (Å²) in [5.74, 6) is 1.08. The number of aromatic nitrogens is 4. The fourth-order valence-electron chi connectivity index (χ4n) is 3.99. The van der Waals surface area contributed by atoms with Crippen molar-refractivity contribution in [1.82, 2.24) is 19.1 Å². The molecule has 4 rings (SSSR count). The highest BCUT2D eigenvalue weighted by atomic mass is 15.1. The Morgan fingerprint density at radius 3 is 2.53 bits per heavy atom. The molecule has 0 bridgehead atoms. The molecule has 0 amide bonds. The standard InChI is InChI=1S/C25H27N5/c1-5-6-22-28-23-18(4)11-13-27-25(23)30(22)16-19-7-9-20(10-8-19)24-21(15-26)12-14-29(24)17(2)3/h7-14,17H,5-6,16H2,1-4H3. The molecule has 4 aromatic rings. The van der Waals surface area contributed by atoms with Crippen molar-refractivity contribution in [3.8, 4) is 17.3 Å². The summed E-state index contributed by atoms with van der Waals surface area (Å²) in [7, 11) is 0. The van der Waals surface area contributed by atoms with Gasteiger partial charge in [0.05, 0.1) is 17.8 Å². The van der Waals surface area contributed by atoms with Crippen LogP contribution in [0.2, 0.25) is 0 Å². The smallest absolute Gasteiger partial charge is 0.160 e. The summed E-state index contributed by atoms with van der Waals surface area (Å²) in [5, 5.41) is 9.52. The van der Waals surface area contributed by atoms with Gasteiger partial charge in [-0.25, -0.2) is 9.97 Å². The van der Waals surface area contributed by atoms with Crippen LogP contribution < -0.4 is 0 Å². The van der Waals surface area contributed by atoms with E-state index in [1.54, 1.807) is 0 Å². The zero-order valence-corrected chi connectivity index (χ0v) is 18.1. The third kappa shape index (κ3) is 3.50. The van der Waals surface area contributed by atoms with E-state index in [1.807, 2.05) is 24.5 Å². The molecule has 3 heterocycles. The predicted molar refractivity (Wildman–Crippen MR) is 120 cm³/mol. The number of imidazole rings is 1. The van der Waals surface area contributed by atoms with Crippen molar-refractivity contribution in [3.05, 3.63) is 71.3 Å². The second-order valence-corrected chi connectivity index (χ2v) is 8.05. The lowest BCUT2D eigenvalue weighted by Crippen LogP contribution is -2.06. The minimum atomic E-state index is 0.296. The van der Waals surface area contributed by atoms with Crippen molar-refractivity contribution in [2.75, 3.05) is 0 Å². The van der Waals surface area contributed by atoms with Crippen molar-refractivity contribution in [2.24, 2.45) is 0 Å². The van der Waals surface area contributed by atoms with Crippen molar-refractivity contribution in [3.63, 3.8) is 0 Å². The Balaban J connectivity index is 1.71. The first-order valence-corrected chi connectivity index (χ1v) is 10.5. The quantitative estimate of drug-likeness (QED) is 0.422. The molecule has 5 heteroatoms. The SMILES string of the molecule is CCCc1nc2c(C)ccnc2n1Cc1ccc(-c2c(C#N)ccn2C(C)C)cc1. The molecule has 0 saturated heterocycles. The average molecular weight is 398 g/mol. The first-order valence-electron chi connectivity index (χ1n) is 10.5. The van der Waals surface area contributed by atoms with Crippen LogP contribution in [0.3, 0.4) is 0 Å². The maximum Gasteiger partial charge on any atom is 0.160 e. The molecule has 30 heavy (non-hydrogen) atoms.